The Kier molecular flexibility index (Phi) is 6.40. The zero-order valence-corrected chi connectivity index (χ0v) is 15.5. The van der Waals surface area contributed by atoms with E-state index >= 15 is 0 Å². The van der Waals surface area contributed by atoms with Crippen molar-refractivity contribution in [2.75, 3.05) is 29.9 Å². The lowest BCUT2D eigenvalue weighted by Gasteiger charge is -2.28. The average Bonchev–Trinajstić information content (AvgIpc) is 2.69. The SMILES string of the molecule is C[C@@H](NCC(=O)Nc1ccc(N2CCCCC2)cc1)c1ccc(F)c(F)c1. The van der Waals surface area contributed by atoms with Crippen LogP contribution in [0, 0.1) is 11.6 Å². The minimum absolute atomic E-state index is 0.0774. The van der Waals surface area contributed by atoms with Crippen LogP contribution in [0.1, 0.15) is 37.8 Å². The predicted molar refractivity (Wildman–Crippen MR) is 104 cm³/mol. The molecular formula is C21H25F2N3O. The van der Waals surface area contributed by atoms with E-state index in [1.807, 2.05) is 24.3 Å². The number of carbonyl (C=O) groups is 1. The molecule has 2 aromatic rings. The maximum atomic E-state index is 13.3. The highest BCUT2D eigenvalue weighted by atomic mass is 19.2. The van der Waals surface area contributed by atoms with Crippen molar-refractivity contribution in [3.63, 3.8) is 0 Å². The van der Waals surface area contributed by atoms with Crippen LogP contribution in [0.25, 0.3) is 0 Å². The van der Waals surface area contributed by atoms with E-state index in [1.54, 1.807) is 6.92 Å². The molecule has 1 atom stereocenters. The van der Waals surface area contributed by atoms with E-state index in [0.717, 1.165) is 30.9 Å². The molecule has 0 bridgehead atoms. The van der Waals surface area contributed by atoms with Crippen molar-refractivity contribution in [3.05, 3.63) is 59.7 Å². The van der Waals surface area contributed by atoms with Gasteiger partial charge in [0, 0.05) is 30.5 Å². The van der Waals surface area contributed by atoms with Gasteiger partial charge in [-0.15, -0.1) is 0 Å². The smallest absolute Gasteiger partial charge is 0.238 e. The van der Waals surface area contributed by atoms with Crippen molar-refractivity contribution < 1.29 is 13.6 Å². The standard InChI is InChI=1S/C21H25F2N3O/c1-15(16-5-10-19(22)20(23)13-16)24-14-21(27)25-17-6-8-18(9-7-17)26-11-3-2-4-12-26/h5-10,13,15,24H,2-4,11-12,14H2,1H3,(H,25,27)/t15-/m1/s1. The molecule has 1 heterocycles. The summed E-state index contributed by atoms with van der Waals surface area (Å²) in [5.74, 6) is -1.95. The third-order valence-corrected chi connectivity index (χ3v) is 4.88. The zero-order valence-electron chi connectivity index (χ0n) is 15.5. The summed E-state index contributed by atoms with van der Waals surface area (Å²) in [4.78, 5) is 14.5. The number of anilines is 2. The van der Waals surface area contributed by atoms with Gasteiger partial charge in [-0.25, -0.2) is 8.78 Å². The van der Waals surface area contributed by atoms with Gasteiger partial charge in [-0.1, -0.05) is 6.07 Å². The lowest BCUT2D eigenvalue weighted by Crippen LogP contribution is -2.30. The third-order valence-electron chi connectivity index (χ3n) is 4.88. The van der Waals surface area contributed by atoms with Gasteiger partial charge in [0.2, 0.25) is 5.91 Å². The van der Waals surface area contributed by atoms with Crippen molar-refractivity contribution in [2.45, 2.75) is 32.2 Å². The molecule has 0 aromatic heterocycles. The van der Waals surface area contributed by atoms with Gasteiger partial charge in [0.15, 0.2) is 11.6 Å². The molecule has 6 heteroatoms. The summed E-state index contributed by atoms with van der Waals surface area (Å²) in [6.07, 6.45) is 3.74. The van der Waals surface area contributed by atoms with E-state index in [-0.39, 0.29) is 18.5 Å². The highest BCUT2D eigenvalue weighted by Gasteiger charge is 2.12. The number of nitrogens with zero attached hydrogens (tertiary/aromatic N) is 1. The van der Waals surface area contributed by atoms with E-state index in [9.17, 15) is 13.6 Å². The Labute approximate surface area is 158 Å². The van der Waals surface area contributed by atoms with E-state index in [4.69, 9.17) is 0 Å². The molecule has 144 valence electrons. The Hall–Kier alpha value is -2.47. The molecule has 1 aliphatic rings. The highest BCUT2D eigenvalue weighted by molar-refractivity contribution is 5.92. The van der Waals surface area contributed by atoms with Gasteiger partial charge in [-0.3, -0.25) is 4.79 Å². The Balaban J connectivity index is 1.49. The molecule has 0 saturated carbocycles. The molecule has 0 spiro atoms. The van der Waals surface area contributed by atoms with Gasteiger partial charge in [0.05, 0.1) is 6.54 Å². The molecule has 1 fully saturated rings. The van der Waals surface area contributed by atoms with Gasteiger partial charge < -0.3 is 15.5 Å². The molecule has 1 saturated heterocycles. The maximum absolute atomic E-state index is 13.3. The molecule has 1 amide bonds. The number of rotatable bonds is 6. The number of piperidine rings is 1. The Bertz CT molecular complexity index is 773. The van der Waals surface area contributed by atoms with Gasteiger partial charge in [0.1, 0.15) is 0 Å². The van der Waals surface area contributed by atoms with Crippen LogP contribution in [-0.2, 0) is 4.79 Å². The van der Waals surface area contributed by atoms with E-state index in [2.05, 4.69) is 15.5 Å². The zero-order chi connectivity index (χ0) is 19.2. The summed E-state index contributed by atoms with van der Waals surface area (Å²) in [5.41, 5.74) is 2.51. The topological polar surface area (TPSA) is 44.4 Å². The average molecular weight is 373 g/mol. The van der Waals surface area contributed by atoms with Gasteiger partial charge >= 0.3 is 0 Å². The number of carbonyl (C=O) groups excluding carboxylic acids is 1. The molecule has 0 unspecified atom stereocenters. The van der Waals surface area contributed by atoms with Crippen LogP contribution in [0.15, 0.2) is 42.5 Å². The summed E-state index contributed by atoms with van der Waals surface area (Å²) in [7, 11) is 0. The molecule has 0 aliphatic carbocycles. The minimum Gasteiger partial charge on any atom is -0.372 e. The third kappa shape index (κ3) is 5.26. The van der Waals surface area contributed by atoms with Crippen LogP contribution in [0.2, 0.25) is 0 Å². The first kappa shape index (κ1) is 19.3. The van der Waals surface area contributed by atoms with Crippen LogP contribution >= 0.6 is 0 Å². The second kappa shape index (κ2) is 8.95. The van der Waals surface area contributed by atoms with Crippen LogP contribution < -0.4 is 15.5 Å². The van der Waals surface area contributed by atoms with Gasteiger partial charge in [-0.05, 0) is 68.1 Å². The summed E-state index contributed by atoms with van der Waals surface area (Å²) >= 11 is 0. The molecule has 27 heavy (non-hydrogen) atoms. The normalized spacial score (nSPS) is 15.4. The number of nitrogens with one attached hydrogen (secondary N) is 2. The molecule has 4 nitrogen and oxygen atoms in total. The Morgan fingerprint density at radius 1 is 1.04 bits per heavy atom. The van der Waals surface area contributed by atoms with Crippen LogP contribution in [0.4, 0.5) is 20.2 Å². The van der Waals surface area contributed by atoms with E-state index in [0.29, 0.717) is 5.56 Å². The summed E-state index contributed by atoms with van der Waals surface area (Å²) < 4.78 is 26.3. The number of amides is 1. The first-order chi connectivity index (χ1) is 13.0. The van der Waals surface area contributed by atoms with Crippen LogP contribution in [-0.4, -0.2) is 25.5 Å². The predicted octanol–water partition coefficient (Wildman–Crippen LogP) is 4.24. The van der Waals surface area contributed by atoms with Crippen molar-refractivity contribution in [2.24, 2.45) is 0 Å². The van der Waals surface area contributed by atoms with E-state index < -0.39 is 11.6 Å². The minimum atomic E-state index is -0.889. The summed E-state index contributed by atoms with van der Waals surface area (Å²) in [6.45, 7) is 4.04. The van der Waals surface area contributed by atoms with Crippen molar-refractivity contribution >= 4 is 17.3 Å². The number of halogens is 2. The lowest BCUT2D eigenvalue weighted by atomic mass is 10.1. The molecule has 2 N–H and O–H groups in total. The number of hydrogen-bond acceptors (Lipinski definition) is 3. The fraction of sp³-hybridized carbons (Fsp3) is 0.381. The monoisotopic (exact) mass is 373 g/mol. The molecule has 0 radical (unpaired) electrons. The van der Waals surface area contributed by atoms with Crippen molar-refractivity contribution in [3.8, 4) is 0 Å². The quantitative estimate of drug-likeness (QED) is 0.796. The second-order valence-corrected chi connectivity index (χ2v) is 6.92. The first-order valence-corrected chi connectivity index (χ1v) is 9.36. The van der Waals surface area contributed by atoms with Gasteiger partial charge in [-0.2, -0.15) is 0 Å². The first-order valence-electron chi connectivity index (χ1n) is 9.36. The molecule has 1 aliphatic heterocycles. The van der Waals surface area contributed by atoms with E-state index in [1.165, 1.54) is 31.0 Å². The maximum Gasteiger partial charge on any atom is 0.238 e. The Morgan fingerprint density at radius 3 is 2.41 bits per heavy atom. The number of benzene rings is 2. The molecular weight excluding hydrogens is 348 g/mol. The van der Waals surface area contributed by atoms with Crippen molar-refractivity contribution in [1.29, 1.82) is 0 Å². The molecule has 2 aromatic carbocycles. The fourth-order valence-corrected chi connectivity index (χ4v) is 3.26. The van der Waals surface area contributed by atoms with Crippen LogP contribution in [0.5, 0.6) is 0 Å². The summed E-state index contributed by atoms with van der Waals surface area (Å²) in [6, 6.07) is 11.3. The van der Waals surface area contributed by atoms with Crippen molar-refractivity contribution in [1.82, 2.24) is 5.32 Å². The summed E-state index contributed by atoms with van der Waals surface area (Å²) in [5, 5.41) is 5.86. The fourth-order valence-electron chi connectivity index (χ4n) is 3.26. The largest absolute Gasteiger partial charge is 0.372 e. The van der Waals surface area contributed by atoms with Gasteiger partial charge in [0.25, 0.3) is 0 Å². The number of hydrogen-bond donors (Lipinski definition) is 2. The second-order valence-electron chi connectivity index (χ2n) is 6.92. The highest BCUT2D eigenvalue weighted by Crippen LogP contribution is 2.22. The lowest BCUT2D eigenvalue weighted by molar-refractivity contribution is -0.115. The van der Waals surface area contributed by atoms with Crippen LogP contribution in [0.3, 0.4) is 0 Å². The molecule has 3 rings (SSSR count). The Morgan fingerprint density at radius 2 is 1.74 bits per heavy atom.